The SMILES string of the molecule is CC/C=C/CCC/C=C/O/C=C/CCC/C=C/CC. The van der Waals surface area contributed by atoms with Crippen LogP contribution in [0.3, 0.4) is 0 Å². The highest BCUT2D eigenvalue weighted by molar-refractivity contribution is 4.84. The van der Waals surface area contributed by atoms with Crippen LogP contribution in [0.25, 0.3) is 0 Å². The van der Waals surface area contributed by atoms with Gasteiger partial charge in [-0.05, 0) is 63.5 Å². The van der Waals surface area contributed by atoms with Gasteiger partial charge in [0.1, 0.15) is 0 Å². The van der Waals surface area contributed by atoms with Gasteiger partial charge in [0.25, 0.3) is 0 Å². The van der Waals surface area contributed by atoms with Gasteiger partial charge in [-0.25, -0.2) is 0 Å². The molecule has 0 aromatic rings. The maximum Gasteiger partial charge on any atom is 0.0861 e. The minimum absolute atomic E-state index is 1.09. The van der Waals surface area contributed by atoms with E-state index in [-0.39, 0.29) is 0 Å². The van der Waals surface area contributed by atoms with E-state index in [0.717, 1.165) is 25.7 Å². The van der Waals surface area contributed by atoms with Crippen LogP contribution in [-0.4, -0.2) is 0 Å². The Balaban J connectivity index is 3.27. The van der Waals surface area contributed by atoms with Gasteiger partial charge in [0, 0.05) is 0 Å². The van der Waals surface area contributed by atoms with E-state index in [4.69, 9.17) is 4.74 Å². The molecule has 0 aliphatic rings. The predicted molar refractivity (Wildman–Crippen MR) is 85.9 cm³/mol. The minimum Gasteiger partial charge on any atom is -0.473 e. The van der Waals surface area contributed by atoms with Crippen LogP contribution in [0.5, 0.6) is 0 Å². The Bertz CT molecular complexity index is 243. The maximum absolute atomic E-state index is 5.29. The zero-order valence-electron chi connectivity index (χ0n) is 12.7. The molecule has 0 aromatic carbocycles. The molecule has 0 heterocycles. The Morgan fingerprint density at radius 2 is 1.00 bits per heavy atom. The van der Waals surface area contributed by atoms with Crippen LogP contribution in [0.4, 0.5) is 0 Å². The summed E-state index contributed by atoms with van der Waals surface area (Å²) in [6.45, 7) is 4.33. The van der Waals surface area contributed by atoms with Crippen LogP contribution in [0.15, 0.2) is 49.0 Å². The maximum atomic E-state index is 5.29. The topological polar surface area (TPSA) is 9.23 Å². The van der Waals surface area contributed by atoms with Crippen LogP contribution >= 0.6 is 0 Å². The second kappa shape index (κ2) is 16.8. The summed E-state index contributed by atoms with van der Waals surface area (Å²) in [5.41, 5.74) is 0. The predicted octanol–water partition coefficient (Wildman–Crippen LogP) is 6.30. The lowest BCUT2D eigenvalue weighted by Gasteiger charge is -1.93. The molecule has 0 aliphatic carbocycles. The highest BCUT2D eigenvalue weighted by Gasteiger charge is 1.81. The van der Waals surface area contributed by atoms with E-state index in [9.17, 15) is 0 Å². The van der Waals surface area contributed by atoms with E-state index in [2.05, 4.69) is 50.3 Å². The summed E-state index contributed by atoms with van der Waals surface area (Å²) in [4.78, 5) is 0. The molecule has 0 radical (unpaired) electrons. The van der Waals surface area contributed by atoms with Crippen molar-refractivity contribution in [2.75, 3.05) is 0 Å². The third-order valence-corrected chi connectivity index (χ3v) is 2.64. The van der Waals surface area contributed by atoms with Gasteiger partial charge in [-0.2, -0.15) is 0 Å². The van der Waals surface area contributed by atoms with Gasteiger partial charge >= 0.3 is 0 Å². The summed E-state index contributed by atoms with van der Waals surface area (Å²) < 4.78 is 5.29. The van der Waals surface area contributed by atoms with E-state index in [1.807, 2.05) is 0 Å². The number of hydrogen-bond donors (Lipinski definition) is 0. The zero-order chi connectivity index (χ0) is 14.0. The average molecular weight is 262 g/mol. The lowest BCUT2D eigenvalue weighted by molar-refractivity contribution is 0.398. The lowest BCUT2D eigenvalue weighted by Crippen LogP contribution is -1.72. The molecule has 0 saturated carbocycles. The van der Waals surface area contributed by atoms with Crippen molar-refractivity contribution >= 4 is 0 Å². The summed E-state index contributed by atoms with van der Waals surface area (Å²) in [6.07, 6.45) is 25.9. The molecule has 0 atom stereocenters. The van der Waals surface area contributed by atoms with Crippen molar-refractivity contribution in [1.82, 2.24) is 0 Å². The van der Waals surface area contributed by atoms with Gasteiger partial charge in [0.2, 0.25) is 0 Å². The van der Waals surface area contributed by atoms with Crippen LogP contribution in [0, 0.1) is 0 Å². The third-order valence-electron chi connectivity index (χ3n) is 2.64. The molecule has 0 aromatic heterocycles. The van der Waals surface area contributed by atoms with Gasteiger partial charge < -0.3 is 4.74 Å². The van der Waals surface area contributed by atoms with E-state index in [0.29, 0.717) is 0 Å². The van der Waals surface area contributed by atoms with Gasteiger partial charge in [-0.15, -0.1) is 0 Å². The largest absolute Gasteiger partial charge is 0.473 e. The van der Waals surface area contributed by atoms with Crippen LogP contribution in [-0.2, 0) is 4.74 Å². The second-order valence-corrected chi connectivity index (χ2v) is 4.50. The second-order valence-electron chi connectivity index (χ2n) is 4.50. The monoisotopic (exact) mass is 262 g/mol. The molecule has 0 N–H and O–H groups in total. The van der Waals surface area contributed by atoms with Crippen LogP contribution < -0.4 is 0 Å². The van der Waals surface area contributed by atoms with Crippen molar-refractivity contribution in [3.8, 4) is 0 Å². The first kappa shape index (κ1) is 17.8. The molecule has 0 amide bonds. The number of allylic oxidation sites excluding steroid dienone is 6. The molecule has 0 fully saturated rings. The van der Waals surface area contributed by atoms with Crippen LogP contribution in [0.1, 0.15) is 65.2 Å². The fourth-order valence-electron chi connectivity index (χ4n) is 1.57. The first-order valence-electron chi connectivity index (χ1n) is 7.67. The van der Waals surface area contributed by atoms with E-state index < -0.39 is 0 Å². The number of rotatable bonds is 12. The molecular weight excluding hydrogens is 232 g/mol. The van der Waals surface area contributed by atoms with Gasteiger partial charge in [-0.1, -0.05) is 38.2 Å². The lowest BCUT2D eigenvalue weighted by atomic mass is 10.2. The van der Waals surface area contributed by atoms with Gasteiger partial charge in [-0.3, -0.25) is 0 Å². The Labute approximate surface area is 119 Å². The van der Waals surface area contributed by atoms with Crippen molar-refractivity contribution in [1.29, 1.82) is 0 Å². The summed E-state index contributed by atoms with van der Waals surface area (Å²) in [5, 5.41) is 0. The molecule has 19 heavy (non-hydrogen) atoms. The summed E-state index contributed by atoms with van der Waals surface area (Å²) in [7, 11) is 0. The molecule has 0 bridgehead atoms. The van der Waals surface area contributed by atoms with Crippen LogP contribution in [0.2, 0.25) is 0 Å². The normalized spacial score (nSPS) is 12.5. The minimum atomic E-state index is 1.09. The Morgan fingerprint density at radius 3 is 1.42 bits per heavy atom. The number of hydrogen-bond acceptors (Lipinski definition) is 1. The molecule has 0 unspecified atom stereocenters. The van der Waals surface area contributed by atoms with Crippen molar-refractivity contribution in [3.63, 3.8) is 0 Å². The van der Waals surface area contributed by atoms with E-state index >= 15 is 0 Å². The number of ether oxygens (including phenoxy) is 1. The van der Waals surface area contributed by atoms with Crippen molar-refractivity contribution in [2.45, 2.75) is 65.2 Å². The van der Waals surface area contributed by atoms with Crippen molar-refractivity contribution < 1.29 is 4.74 Å². The van der Waals surface area contributed by atoms with Gasteiger partial charge in [0.05, 0.1) is 12.5 Å². The smallest absolute Gasteiger partial charge is 0.0861 e. The Kier molecular flexibility index (Phi) is 15.7. The Hall–Kier alpha value is -1.24. The molecule has 0 aliphatic heterocycles. The molecule has 108 valence electrons. The standard InChI is InChI=1S/C18H30O/c1-3-5-7-9-11-13-15-17-19-18-16-14-12-10-8-6-4-2/h5-8,15-18H,3-4,9-14H2,1-2H3/b7-5+,8-6+,17-15+,18-16+. The first-order valence-corrected chi connectivity index (χ1v) is 7.67. The number of unbranched alkanes of at least 4 members (excludes halogenated alkanes) is 4. The van der Waals surface area contributed by atoms with Gasteiger partial charge in [0.15, 0.2) is 0 Å². The summed E-state index contributed by atoms with van der Waals surface area (Å²) in [6, 6.07) is 0. The molecular formula is C18H30O. The summed E-state index contributed by atoms with van der Waals surface area (Å²) >= 11 is 0. The highest BCUT2D eigenvalue weighted by Crippen LogP contribution is 2.00. The van der Waals surface area contributed by atoms with E-state index in [1.165, 1.54) is 25.7 Å². The quantitative estimate of drug-likeness (QED) is 0.228. The fraction of sp³-hybridized carbons (Fsp3) is 0.556. The molecule has 0 rings (SSSR count). The molecule has 1 heteroatoms. The van der Waals surface area contributed by atoms with Crippen molar-refractivity contribution in [2.24, 2.45) is 0 Å². The molecule has 0 saturated heterocycles. The van der Waals surface area contributed by atoms with E-state index in [1.54, 1.807) is 12.5 Å². The first-order chi connectivity index (χ1) is 9.41. The summed E-state index contributed by atoms with van der Waals surface area (Å²) in [5.74, 6) is 0. The molecule has 0 spiro atoms. The Morgan fingerprint density at radius 1 is 0.579 bits per heavy atom. The average Bonchev–Trinajstić information content (AvgIpc) is 2.43. The third kappa shape index (κ3) is 16.8. The molecule has 1 nitrogen and oxygen atoms in total. The van der Waals surface area contributed by atoms with Crippen molar-refractivity contribution in [3.05, 3.63) is 49.0 Å². The zero-order valence-corrected chi connectivity index (χ0v) is 12.7. The highest BCUT2D eigenvalue weighted by atomic mass is 16.5. The fourth-order valence-corrected chi connectivity index (χ4v) is 1.57.